The van der Waals surface area contributed by atoms with E-state index in [1.165, 1.54) is 0 Å². The molecule has 0 atom stereocenters. The molecule has 0 bridgehead atoms. The minimum atomic E-state index is -1.79. The topological polar surface area (TPSA) is 44.5 Å². The number of hydrogen-bond acceptors (Lipinski definition) is 3. The van der Waals surface area contributed by atoms with Crippen LogP contribution in [0.25, 0.3) is 0 Å². The highest BCUT2D eigenvalue weighted by Crippen LogP contribution is 2.28. The van der Waals surface area contributed by atoms with Crippen molar-refractivity contribution in [1.82, 2.24) is 0 Å². The summed E-state index contributed by atoms with van der Waals surface area (Å²) in [6.45, 7) is -1.39. The first-order chi connectivity index (χ1) is 10.5. The van der Waals surface area contributed by atoms with Crippen LogP contribution in [0.5, 0.6) is 11.5 Å². The van der Waals surface area contributed by atoms with Gasteiger partial charge in [0.2, 0.25) is 0 Å². The van der Waals surface area contributed by atoms with Gasteiger partial charge in [-0.15, -0.1) is 12.4 Å². The Morgan fingerprint density at radius 1 is 1.10 bits per heavy atom. The fourth-order valence-electron chi connectivity index (χ4n) is 1.75. The highest BCUT2D eigenvalue weighted by atomic mass is 35.5. The van der Waals surface area contributed by atoms with Gasteiger partial charge in [0.15, 0.2) is 11.5 Å². The molecule has 0 spiro atoms. The molecular weight excluding hydrogens is 274 g/mol. The van der Waals surface area contributed by atoms with E-state index in [1.54, 1.807) is 18.2 Å². The van der Waals surface area contributed by atoms with E-state index in [2.05, 4.69) is 0 Å². The summed E-state index contributed by atoms with van der Waals surface area (Å²) in [4.78, 5) is 0. The second-order valence-electron chi connectivity index (χ2n) is 4.08. The molecule has 0 amide bonds. The van der Waals surface area contributed by atoms with Gasteiger partial charge in [0.05, 0.1) is 8.46 Å². The minimum Gasteiger partial charge on any atom is -0.493 e. The van der Waals surface area contributed by atoms with Gasteiger partial charge >= 0.3 is 0 Å². The average Bonchev–Trinajstić information content (AvgIpc) is 2.46. The number of methoxy groups -OCH3 is 1. The molecule has 108 valence electrons. The van der Waals surface area contributed by atoms with Crippen LogP contribution >= 0.6 is 12.4 Å². The summed E-state index contributed by atoms with van der Waals surface area (Å²) >= 11 is 0. The standard InChI is InChI=1S/C16H19NO2.ClH/c1-18-16-11-13(9-10-17)7-8-15(16)19-12-14-5-3-2-4-6-14;/h2-8,11H,9-10,12,17H2,1H3;1H/i1D,10D2;. The van der Waals surface area contributed by atoms with Crippen LogP contribution in [0, 0.1) is 0 Å². The summed E-state index contributed by atoms with van der Waals surface area (Å²) in [7, 11) is -0.235. The van der Waals surface area contributed by atoms with Crippen molar-refractivity contribution in [2.45, 2.75) is 13.0 Å². The van der Waals surface area contributed by atoms with Crippen LogP contribution in [-0.2, 0) is 13.0 Å². The molecule has 0 aromatic heterocycles. The molecule has 0 saturated heterocycles. The molecule has 0 fully saturated rings. The number of ether oxygens (including phenoxy) is 2. The first kappa shape index (κ1) is 12.1. The minimum absolute atomic E-state index is 0. The Balaban J connectivity index is 0.00000264. The van der Waals surface area contributed by atoms with Crippen molar-refractivity contribution < 1.29 is 13.6 Å². The SMILES string of the molecule is Cl.[2H]COc1cc(CC([2H])([2H])N)ccc1OCc1ccccc1. The molecule has 2 aromatic rings. The predicted octanol–water partition coefficient (Wildman–Crippen LogP) is 3.20. The van der Waals surface area contributed by atoms with Gasteiger partial charge < -0.3 is 15.2 Å². The molecule has 2 N–H and O–H groups in total. The van der Waals surface area contributed by atoms with Crippen molar-refractivity contribution in [2.24, 2.45) is 5.73 Å². The van der Waals surface area contributed by atoms with Crippen LogP contribution in [0.3, 0.4) is 0 Å². The molecule has 0 aliphatic heterocycles. The lowest BCUT2D eigenvalue weighted by atomic mass is 10.1. The summed E-state index contributed by atoms with van der Waals surface area (Å²) in [6.07, 6.45) is 0.0698. The molecule has 2 rings (SSSR count). The van der Waals surface area contributed by atoms with E-state index >= 15 is 0 Å². The highest BCUT2D eigenvalue weighted by Gasteiger charge is 2.05. The van der Waals surface area contributed by atoms with Crippen molar-refractivity contribution in [3.63, 3.8) is 0 Å². The van der Waals surface area contributed by atoms with Crippen LogP contribution < -0.4 is 15.2 Å². The average molecular weight is 297 g/mol. The lowest BCUT2D eigenvalue weighted by molar-refractivity contribution is 0.284. The third-order valence-electron chi connectivity index (χ3n) is 2.71. The summed E-state index contributed by atoms with van der Waals surface area (Å²) in [6, 6.07) is 14.9. The number of halogens is 1. The zero-order valence-corrected chi connectivity index (χ0v) is 11.9. The predicted molar refractivity (Wildman–Crippen MR) is 83.8 cm³/mol. The van der Waals surface area contributed by atoms with E-state index in [0.717, 1.165) is 5.56 Å². The van der Waals surface area contributed by atoms with Crippen LogP contribution in [0.4, 0.5) is 0 Å². The first-order valence-electron chi connectivity index (χ1n) is 7.69. The van der Waals surface area contributed by atoms with Crippen LogP contribution in [-0.4, -0.2) is 13.6 Å². The van der Waals surface area contributed by atoms with E-state index in [4.69, 9.17) is 19.3 Å². The quantitative estimate of drug-likeness (QED) is 0.890. The fraction of sp³-hybridized carbons (Fsp3) is 0.250. The van der Waals surface area contributed by atoms with Crippen LogP contribution in [0.15, 0.2) is 48.5 Å². The Hall–Kier alpha value is -1.71. The third kappa shape index (κ3) is 4.44. The van der Waals surface area contributed by atoms with Crippen LogP contribution in [0.2, 0.25) is 0 Å². The summed E-state index contributed by atoms with van der Waals surface area (Å²) in [5, 5.41) is 0. The maximum Gasteiger partial charge on any atom is 0.161 e. The smallest absolute Gasteiger partial charge is 0.161 e. The van der Waals surface area contributed by atoms with E-state index in [0.29, 0.717) is 23.7 Å². The first-order valence-corrected chi connectivity index (χ1v) is 5.98. The number of rotatable bonds is 6. The maximum atomic E-state index is 7.42. The summed E-state index contributed by atoms with van der Waals surface area (Å²) in [5.41, 5.74) is 7.12. The van der Waals surface area contributed by atoms with Crippen molar-refractivity contribution in [3.05, 3.63) is 59.7 Å². The Labute approximate surface area is 130 Å². The van der Waals surface area contributed by atoms with Gasteiger partial charge in [-0.3, -0.25) is 0 Å². The Morgan fingerprint density at radius 2 is 1.90 bits per heavy atom. The maximum absolute atomic E-state index is 7.42. The lowest BCUT2D eigenvalue weighted by Crippen LogP contribution is -2.03. The molecule has 0 aliphatic carbocycles. The third-order valence-corrected chi connectivity index (χ3v) is 2.71. The number of benzene rings is 2. The fourth-order valence-corrected chi connectivity index (χ4v) is 1.75. The van der Waals surface area contributed by atoms with Crippen molar-refractivity contribution >= 4 is 12.4 Å². The van der Waals surface area contributed by atoms with Gasteiger partial charge in [-0.25, -0.2) is 0 Å². The normalized spacial score (nSPS) is 12.6. The molecule has 4 heteroatoms. The molecular formula is C16H20ClNO2. The van der Waals surface area contributed by atoms with Gasteiger partial charge in [-0.2, -0.15) is 0 Å². The molecule has 20 heavy (non-hydrogen) atoms. The van der Waals surface area contributed by atoms with Gasteiger partial charge in [-0.05, 0) is 36.2 Å². The van der Waals surface area contributed by atoms with E-state index in [1.807, 2.05) is 30.3 Å². The van der Waals surface area contributed by atoms with E-state index in [9.17, 15) is 0 Å². The van der Waals surface area contributed by atoms with Gasteiger partial charge in [0.25, 0.3) is 0 Å². The Morgan fingerprint density at radius 3 is 2.60 bits per heavy atom. The number of hydrogen-bond donors (Lipinski definition) is 1. The molecule has 2 aromatic carbocycles. The molecule has 3 nitrogen and oxygen atoms in total. The molecule has 0 unspecified atom stereocenters. The Bertz CT molecular complexity index is 606. The second kappa shape index (κ2) is 8.46. The second-order valence-corrected chi connectivity index (χ2v) is 4.08. The largest absolute Gasteiger partial charge is 0.493 e. The van der Waals surface area contributed by atoms with E-state index in [-0.39, 0.29) is 25.9 Å². The van der Waals surface area contributed by atoms with Gasteiger partial charge in [-0.1, -0.05) is 36.4 Å². The van der Waals surface area contributed by atoms with Gasteiger partial charge in [0.1, 0.15) is 6.61 Å². The Kier molecular flexibility index (Phi) is 5.10. The number of aryl methyl sites for hydroxylation is 1. The monoisotopic (exact) mass is 296 g/mol. The molecule has 0 aliphatic rings. The zero-order valence-electron chi connectivity index (χ0n) is 14.0. The van der Waals surface area contributed by atoms with E-state index < -0.39 is 6.50 Å². The van der Waals surface area contributed by atoms with Crippen LogP contribution in [0.1, 0.15) is 15.2 Å². The highest BCUT2D eigenvalue weighted by molar-refractivity contribution is 5.85. The van der Waals surface area contributed by atoms with Crippen molar-refractivity contribution in [1.29, 1.82) is 0 Å². The zero-order chi connectivity index (χ0) is 16.0. The molecule has 0 radical (unpaired) electrons. The van der Waals surface area contributed by atoms with Crippen molar-refractivity contribution in [2.75, 3.05) is 13.6 Å². The van der Waals surface area contributed by atoms with Gasteiger partial charge in [0, 0.05) is 2.74 Å². The lowest BCUT2D eigenvalue weighted by Gasteiger charge is -2.12. The van der Waals surface area contributed by atoms with Crippen molar-refractivity contribution in [3.8, 4) is 11.5 Å². The summed E-state index contributed by atoms with van der Waals surface area (Å²) in [5.74, 6) is 0.949. The molecule has 0 saturated carbocycles. The summed E-state index contributed by atoms with van der Waals surface area (Å²) < 4.78 is 33.0. The molecule has 0 heterocycles. The number of nitrogens with two attached hydrogens (primary N) is 1.